The number of allylic oxidation sites excluding steroid dienone is 5. The zero-order chi connectivity index (χ0) is 16.5. The maximum absolute atomic E-state index is 9.76. The van der Waals surface area contributed by atoms with Crippen LogP contribution in [0.1, 0.15) is 65.2 Å². The molecule has 0 aliphatic heterocycles. The van der Waals surface area contributed by atoms with Crippen LogP contribution in [0.4, 0.5) is 0 Å². The molecule has 0 bridgehead atoms. The Morgan fingerprint density at radius 3 is 2.00 bits per heavy atom. The predicted octanol–water partition coefficient (Wildman–Crippen LogP) is 5.09. The van der Waals surface area contributed by atoms with Crippen LogP contribution >= 0.6 is 0 Å². The van der Waals surface area contributed by atoms with Crippen LogP contribution in [0.3, 0.4) is 0 Å². The molecule has 2 N–H and O–H groups in total. The lowest BCUT2D eigenvalue weighted by Crippen LogP contribution is -2.00. The monoisotopic (exact) mass is 306 g/mol. The van der Waals surface area contributed by atoms with Gasteiger partial charge in [-0.2, -0.15) is 0 Å². The van der Waals surface area contributed by atoms with Gasteiger partial charge < -0.3 is 10.2 Å². The molecule has 0 spiro atoms. The Bertz CT molecular complexity index is 340. The molecule has 0 radical (unpaired) electrons. The second-order valence-corrected chi connectivity index (χ2v) is 5.63. The maximum atomic E-state index is 9.76. The van der Waals surface area contributed by atoms with Crippen molar-refractivity contribution in [2.75, 3.05) is 0 Å². The average Bonchev–Trinajstić information content (AvgIpc) is 2.52. The van der Waals surface area contributed by atoms with Gasteiger partial charge in [-0.25, -0.2) is 0 Å². The summed E-state index contributed by atoms with van der Waals surface area (Å²) in [6, 6.07) is 0. The summed E-state index contributed by atoms with van der Waals surface area (Å²) in [4.78, 5) is 0. The second-order valence-electron chi connectivity index (χ2n) is 5.63. The average molecular weight is 306 g/mol. The Kier molecular flexibility index (Phi) is 15.4. The van der Waals surface area contributed by atoms with E-state index in [4.69, 9.17) is 0 Å². The molecule has 0 saturated heterocycles. The van der Waals surface area contributed by atoms with Crippen molar-refractivity contribution in [3.05, 3.63) is 48.6 Å². The van der Waals surface area contributed by atoms with E-state index >= 15 is 0 Å². The first-order valence-electron chi connectivity index (χ1n) is 8.73. The topological polar surface area (TPSA) is 40.5 Å². The fourth-order valence-electron chi connectivity index (χ4n) is 1.97. The molecular formula is C20H34O2. The van der Waals surface area contributed by atoms with E-state index < -0.39 is 6.10 Å². The van der Waals surface area contributed by atoms with Gasteiger partial charge in [0.25, 0.3) is 0 Å². The van der Waals surface area contributed by atoms with E-state index in [9.17, 15) is 10.2 Å². The lowest BCUT2D eigenvalue weighted by atomic mass is 10.1. The minimum absolute atomic E-state index is 0.350. The van der Waals surface area contributed by atoms with Crippen molar-refractivity contribution in [1.29, 1.82) is 0 Å². The molecular weight excluding hydrogens is 272 g/mol. The van der Waals surface area contributed by atoms with Gasteiger partial charge >= 0.3 is 0 Å². The van der Waals surface area contributed by atoms with E-state index in [0.717, 1.165) is 25.7 Å². The van der Waals surface area contributed by atoms with Gasteiger partial charge in [0.2, 0.25) is 0 Å². The van der Waals surface area contributed by atoms with E-state index in [1.54, 1.807) is 12.2 Å². The first kappa shape index (κ1) is 20.9. The van der Waals surface area contributed by atoms with Gasteiger partial charge in [-0.1, -0.05) is 88.1 Å². The summed E-state index contributed by atoms with van der Waals surface area (Å²) in [6.45, 7) is 4.32. The summed E-state index contributed by atoms with van der Waals surface area (Å²) < 4.78 is 0. The van der Waals surface area contributed by atoms with Crippen LogP contribution in [0, 0.1) is 0 Å². The summed E-state index contributed by atoms with van der Waals surface area (Å²) in [5, 5.41) is 19.4. The molecule has 0 aliphatic carbocycles. The first-order valence-corrected chi connectivity index (χ1v) is 8.73. The van der Waals surface area contributed by atoms with Gasteiger partial charge in [0, 0.05) is 0 Å². The van der Waals surface area contributed by atoms with Gasteiger partial charge in [-0.3, -0.25) is 0 Å². The molecule has 0 rings (SSSR count). The van der Waals surface area contributed by atoms with Gasteiger partial charge in [-0.05, 0) is 25.7 Å². The van der Waals surface area contributed by atoms with E-state index in [1.165, 1.54) is 19.3 Å². The van der Waals surface area contributed by atoms with Crippen LogP contribution in [0.25, 0.3) is 0 Å². The quantitative estimate of drug-likeness (QED) is 0.282. The Balaban J connectivity index is 3.77. The van der Waals surface area contributed by atoms with Gasteiger partial charge in [0.1, 0.15) is 0 Å². The smallest absolute Gasteiger partial charge is 0.0758 e. The van der Waals surface area contributed by atoms with Crippen LogP contribution in [0.2, 0.25) is 0 Å². The third-order valence-electron chi connectivity index (χ3n) is 3.37. The van der Waals surface area contributed by atoms with Crippen molar-refractivity contribution in [3.63, 3.8) is 0 Å². The number of hydrogen-bond acceptors (Lipinski definition) is 2. The molecule has 126 valence electrons. The molecule has 0 aromatic carbocycles. The second kappa shape index (κ2) is 16.3. The lowest BCUT2D eigenvalue weighted by molar-refractivity contribution is 0.209. The van der Waals surface area contributed by atoms with E-state index in [2.05, 4.69) is 26.0 Å². The summed E-state index contributed by atoms with van der Waals surface area (Å²) in [5.74, 6) is 0. The largest absolute Gasteiger partial charge is 0.389 e. The normalized spacial score (nSPS) is 15.6. The van der Waals surface area contributed by atoms with Gasteiger partial charge in [0.15, 0.2) is 0 Å². The molecule has 2 unspecified atom stereocenters. The number of rotatable bonds is 13. The van der Waals surface area contributed by atoms with Crippen molar-refractivity contribution in [1.82, 2.24) is 0 Å². The van der Waals surface area contributed by atoms with E-state index in [-0.39, 0.29) is 6.10 Å². The molecule has 2 atom stereocenters. The molecule has 2 heteroatoms. The number of hydrogen-bond donors (Lipinski definition) is 2. The number of unbranched alkanes of at least 4 members (excludes halogenated alkanes) is 4. The standard InChI is InChI=1S/C20H34O2/c1-3-5-7-8-9-12-17-20(22)18-14-11-10-13-16-19(21)15-6-4-2/h9-14,16,18-22H,3-8,15,17H2,1-2H3/b11-10+,12-9+,16-13+,18-14+. The zero-order valence-corrected chi connectivity index (χ0v) is 14.3. The summed E-state index contributed by atoms with van der Waals surface area (Å²) in [6.07, 6.45) is 23.0. The molecule has 0 heterocycles. The van der Waals surface area contributed by atoms with Crippen molar-refractivity contribution in [2.45, 2.75) is 77.4 Å². The van der Waals surface area contributed by atoms with Crippen LogP contribution in [-0.2, 0) is 0 Å². The zero-order valence-electron chi connectivity index (χ0n) is 14.3. The number of aliphatic hydroxyl groups excluding tert-OH is 2. The highest BCUT2D eigenvalue weighted by Crippen LogP contribution is 2.03. The molecule has 0 amide bonds. The SMILES string of the molecule is CCCCC/C=C/CC(O)/C=C/C=C/C=C/C(O)CCCC. The van der Waals surface area contributed by atoms with E-state index in [0.29, 0.717) is 6.42 Å². The van der Waals surface area contributed by atoms with Gasteiger partial charge in [0.05, 0.1) is 12.2 Å². The van der Waals surface area contributed by atoms with Crippen LogP contribution in [0.5, 0.6) is 0 Å². The van der Waals surface area contributed by atoms with Crippen LogP contribution in [-0.4, -0.2) is 22.4 Å². The van der Waals surface area contributed by atoms with Crippen LogP contribution < -0.4 is 0 Å². The molecule has 2 nitrogen and oxygen atoms in total. The molecule has 0 fully saturated rings. The van der Waals surface area contributed by atoms with E-state index in [1.807, 2.05) is 24.3 Å². The summed E-state index contributed by atoms with van der Waals surface area (Å²) >= 11 is 0. The maximum Gasteiger partial charge on any atom is 0.0758 e. The Morgan fingerprint density at radius 2 is 1.36 bits per heavy atom. The minimum atomic E-state index is -0.425. The highest BCUT2D eigenvalue weighted by molar-refractivity contribution is 5.13. The third kappa shape index (κ3) is 15.3. The molecule has 0 aromatic rings. The van der Waals surface area contributed by atoms with Crippen molar-refractivity contribution < 1.29 is 10.2 Å². The lowest BCUT2D eigenvalue weighted by Gasteiger charge is -2.01. The van der Waals surface area contributed by atoms with Gasteiger partial charge in [-0.15, -0.1) is 0 Å². The Morgan fingerprint density at radius 1 is 0.727 bits per heavy atom. The van der Waals surface area contributed by atoms with Crippen molar-refractivity contribution in [2.24, 2.45) is 0 Å². The van der Waals surface area contributed by atoms with Crippen molar-refractivity contribution in [3.8, 4) is 0 Å². The third-order valence-corrected chi connectivity index (χ3v) is 3.37. The fourth-order valence-corrected chi connectivity index (χ4v) is 1.97. The molecule has 22 heavy (non-hydrogen) atoms. The predicted molar refractivity (Wildman–Crippen MR) is 96.9 cm³/mol. The fraction of sp³-hybridized carbons (Fsp3) is 0.600. The summed E-state index contributed by atoms with van der Waals surface area (Å²) in [5.41, 5.74) is 0. The van der Waals surface area contributed by atoms with Crippen molar-refractivity contribution >= 4 is 0 Å². The first-order chi connectivity index (χ1) is 10.7. The van der Waals surface area contributed by atoms with Crippen LogP contribution in [0.15, 0.2) is 48.6 Å². The Labute approximate surface area is 137 Å². The highest BCUT2D eigenvalue weighted by atomic mass is 16.3. The molecule has 0 saturated carbocycles. The number of aliphatic hydroxyl groups is 2. The summed E-state index contributed by atoms with van der Waals surface area (Å²) in [7, 11) is 0. The molecule has 0 aromatic heterocycles. The highest BCUT2D eigenvalue weighted by Gasteiger charge is 1.95. The molecule has 0 aliphatic rings. The minimum Gasteiger partial charge on any atom is -0.389 e. The Hall–Kier alpha value is -1.12.